The van der Waals surface area contributed by atoms with Crippen molar-refractivity contribution in [3.05, 3.63) is 17.0 Å². The molecule has 1 aliphatic heterocycles. The molecular formula is C16H28N4O. The van der Waals surface area contributed by atoms with Gasteiger partial charge >= 0.3 is 0 Å². The second-order valence-electron chi connectivity index (χ2n) is 6.08. The molecule has 1 aromatic heterocycles. The Labute approximate surface area is 127 Å². The lowest BCUT2D eigenvalue weighted by atomic mass is 9.89. The number of aromatic nitrogens is 2. The minimum Gasteiger partial charge on any atom is -0.338 e. The van der Waals surface area contributed by atoms with E-state index in [0.29, 0.717) is 12.0 Å². The summed E-state index contributed by atoms with van der Waals surface area (Å²) in [6, 6.07) is 0.547. The lowest BCUT2D eigenvalue weighted by molar-refractivity contribution is 0.0625. The number of aryl methyl sites for hydroxylation is 2. The summed E-state index contributed by atoms with van der Waals surface area (Å²) in [5.74, 6) is 0.674. The average molecular weight is 292 g/mol. The Kier molecular flexibility index (Phi) is 5.39. The van der Waals surface area contributed by atoms with E-state index >= 15 is 0 Å². The zero-order valence-electron chi connectivity index (χ0n) is 13.7. The van der Waals surface area contributed by atoms with Crippen molar-refractivity contribution in [3.63, 3.8) is 0 Å². The van der Waals surface area contributed by atoms with Crippen LogP contribution in [0.2, 0.25) is 0 Å². The Morgan fingerprint density at radius 2 is 2.19 bits per heavy atom. The summed E-state index contributed by atoms with van der Waals surface area (Å²) in [7, 11) is 0. The molecule has 2 unspecified atom stereocenters. The molecule has 1 aliphatic rings. The van der Waals surface area contributed by atoms with Gasteiger partial charge in [0, 0.05) is 24.8 Å². The Balaban J connectivity index is 2.05. The number of carbonyl (C=O) groups excluding carboxylic acids is 1. The van der Waals surface area contributed by atoms with Gasteiger partial charge in [0.25, 0.3) is 5.91 Å². The molecular weight excluding hydrogens is 264 g/mol. The summed E-state index contributed by atoms with van der Waals surface area (Å²) in [6.45, 7) is 11.0. The number of amides is 1. The van der Waals surface area contributed by atoms with Gasteiger partial charge in [-0.25, -0.2) is 0 Å². The van der Waals surface area contributed by atoms with Crippen molar-refractivity contribution < 1.29 is 4.79 Å². The first kappa shape index (κ1) is 16.0. The van der Waals surface area contributed by atoms with Gasteiger partial charge < -0.3 is 10.2 Å². The van der Waals surface area contributed by atoms with E-state index in [4.69, 9.17) is 0 Å². The molecule has 0 spiro atoms. The molecule has 118 valence electrons. The van der Waals surface area contributed by atoms with Gasteiger partial charge in [-0.3, -0.25) is 9.89 Å². The number of H-pyrrole nitrogens is 1. The molecule has 2 heterocycles. The van der Waals surface area contributed by atoms with Gasteiger partial charge in [-0.2, -0.15) is 5.10 Å². The molecule has 0 aromatic carbocycles. The SMILES string of the molecule is CCCNC1CCN(C(=O)c2c(C)n[nH]c2C)CC1CC. The third kappa shape index (κ3) is 3.46. The van der Waals surface area contributed by atoms with E-state index in [1.54, 1.807) is 0 Å². The van der Waals surface area contributed by atoms with E-state index in [1.807, 2.05) is 18.7 Å². The summed E-state index contributed by atoms with van der Waals surface area (Å²) in [5, 5.41) is 10.7. The molecule has 2 atom stereocenters. The van der Waals surface area contributed by atoms with Crippen LogP contribution in [0.25, 0.3) is 0 Å². The molecule has 5 heteroatoms. The van der Waals surface area contributed by atoms with Crippen LogP contribution in [0.4, 0.5) is 0 Å². The fourth-order valence-electron chi connectivity index (χ4n) is 3.25. The molecule has 0 aliphatic carbocycles. The van der Waals surface area contributed by atoms with Gasteiger partial charge in [-0.15, -0.1) is 0 Å². The van der Waals surface area contributed by atoms with Gasteiger partial charge in [0.15, 0.2) is 0 Å². The summed E-state index contributed by atoms with van der Waals surface area (Å²) in [4.78, 5) is 14.7. The van der Waals surface area contributed by atoms with Crippen molar-refractivity contribution >= 4 is 5.91 Å². The van der Waals surface area contributed by atoms with E-state index in [0.717, 1.165) is 55.8 Å². The molecule has 2 N–H and O–H groups in total. The molecule has 2 rings (SSSR count). The van der Waals surface area contributed by atoms with E-state index in [9.17, 15) is 4.79 Å². The number of aromatic amines is 1. The fraction of sp³-hybridized carbons (Fsp3) is 0.750. The van der Waals surface area contributed by atoms with Crippen LogP contribution in [0.3, 0.4) is 0 Å². The zero-order chi connectivity index (χ0) is 15.4. The number of nitrogens with zero attached hydrogens (tertiary/aromatic N) is 2. The van der Waals surface area contributed by atoms with Crippen LogP contribution in [-0.2, 0) is 0 Å². The highest BCUT2D eigenvalue weighted by molar-refractivity contribution is 5.96. The maximum atomic E-state index is 12.7. The molecule has 1 aromatic rings. The van der Waals surface area contributed by atoms with Gasteiger partial charge in [0.2, 0.25) is 0 Å². The van der Waals surface area contributed by atoms with Crippen molar-refractivity contribution in [1.29, 1.82) is 0 Å². The van der Waals surface area contributed by atoms with Crippen molar-refractivity contribution in [1.82, 2.24) is 20.4 Å². The first-order valence-corrected chi connectivity index (χ1v) is 8.12. The first-order valence-electron chi connectivity index (χ1n) is 8.12. The molecule has 1 saturated heterocycles. The van der Waals surface area contributed by atoms with E-state index < -0.39 is 0 Å². The van der Waals surface area contributed by atoms with Crippen LogP contribution in [0.1, 0.15) is 54.9 Å². The normalized spacial score (nSPS) is 22.6. The fourth-order valence-corrected chi connectivity index (χ4v) is 3.25. The summed E-state index contributed by atoms with van der Waals surface area (Å²) in [6.07, 6.45) is 3.30. The molecule has 1 fully saturated rings. The van der Waals surface area contributed by atoms with Gasteiger partial charge in [-0.1, -0.05) is 20.3 Å². The van der Waals surface area contributed by atoms with Crippen molar-refractivity contribution in [3.8, 4) is 0 Å². The number of carbonyl (C=O) groups is 1. The standard InChI is InChI=1S/C16H28N4O/c1-5-8-17-14-7-9-20(10-13(14)6-2)16(21)15-11(3)18-19-12(15)4/h13-14,17H,5-10H2,1-4H3,(H,18,19). The van der Waals surface area contributed by atoms with Crippen molar-refractivity contribution in [2.24, 2.45) is 5.92 Å². The third-order valence-electron chi connectivity index (χ3n) is 4.54. The van der Waals surface area contributed by atoms with Gasteiger partial charge in [0.1, 0.15) is 0 Å². The Bertz CT molecular complexity index is 463. The van der Waals surface area contributed by atoms with Gasteiger partial charge in [-0.05, 0) is 39.2 Å². The number of piperidine rings is 1. The minimum atomic E-state index is 0.131. The number of hydrogen-bond acceptors (Lipinski definition) is 3. The largest absolute Gasteiger partial charge is 0.338 e. The third-order valence-corrected chi connectivity index (χ3v) is 4.54. The molecule has 0 saturated carbocycles. The lowest BCUT2D eigenvalue weighted by Crippen LogP contribution is -2.51. The van der Waals surface area contributed by atoms with Crippen LogP contribution >= 0.6 is 0 Å². The minimum absolute atomic E-state index is 0.131. The average Bonchev–Trinajstić information content (AvgIpc) is 2.83. The Hall–Kier alpha value is -1.36. The van der Waals surface area contributed by atoms with E-state index in [1.165, 1.54) is 0 Å². The number of rotatable bonds is 5. The first-order chi connectivity index (χ1) is 10.1. The maximum Gasteiger partial charge on any atom is 0.257 e. The second kappa shape index (κ2) is 7.07. The van der Waals surface area contributed by atoms with Crippen LogP contribution in [0, 0.1) is 19.8 Å². The van der Waals surface area contributed by atoms with E-state index in [2.05, 4.69) is 29.4 Å². The highest BCUT2D eigenvalue weighted by Crippen LogP contribution is 2.23. The molecule has 0 radical (unpaired) electrons. The highest BCUT2D eigenvalue weighted by Gasteiger charge is 2.31. The molecule has 1 amide bonds. The Morgan fingerprint density at radius 1 is 1.43 bits per heavy atom. The topological polar surface area (TPSA) is 61.0 Å². The van der Waals surface area contributed by atoms with Crippen LogP contribution in [0.15, 0.2) is 0 Å². The smallest absolute Gasteiger partial charge is 0.257 e. The summed E-state index contributed by atoms with van der Waals surface area (Å²) >= 11 is 0. The van der Waals surface area contributed by atoms with Crippen LogP contribution in [0.5, 0.6) is 0 Å². The monoisotopic (exact) mass is 292 g/mol. The highest BCUT2D eigenvalue weighted by atomic mass is 16.2. The summed E-state index contributed by atoms with van der Waals surface area (Å²) < 4.78 is 0. The zero-order valence-corrected chi connectivity index (χ0v) is 13.7. The number of likely N-dealkylation sites (tertiary alicyclic amines) is 1. The van der Waals surface area contributed by atoms with E-state index in [-0.39, 0.29) is 5.91 Å². The molecule has 5 nitrogen and oxygen atoms in total. The van der Waals surface area contributed by atoms with Crippen molar-refractivity contribution in [2.75, 3.05) is 19.6 Å². The van der Waals surface area contributed by atoms with Crippen molar-refractivity contribution in [2.45, 2.75) is 53.0 Å². The van der Waals surface area contributed by atoms with Crippen LogP contribution < -0.4 is 5.32 Å². The van der Waals surface area contributed by atoms with Crippen LogP contribution in [-0.4, -0.2) is 46.7 Å². The second-order valence-corrected chi connectivity index (χ2v) is 6.08. The lowest BCUT2D eigenvalue weighted by Gasteiger charge is -2.39. The predicted octanol–water partition coefficient (Wildman–Crippen LogP) is 2.27. The maximum absolute atomic E-state index is 12.7. The number of hydrogen-bond donors (Lipinski definition) is 2. The van der Waals surface area contributed by atoms with Gasteiger partial charge in [0.05, 0.1) is 11.3 Å². The Morgan fingerprint density at radius 3 is 2.76 bits per heavy atom. The molecule has 21 heavy (non-hydrogen) atoms. The molecule has 0 bridgehead atoms. The quantitative estimate of drug-likeness (QED) is 0.875. The number of nitrogens with one attached hydrogen (secondary N) is 2. The summed E-state index contributed by atoms with van der Waals surface area (Å²) in [5.41, 5.74) is 2.43. The predicted molar refractivity (Wildman–Crippen MR) is 84.4 cm³/mol.